The molecule has 1 aliphatic rings. The molecule has 1 heterocycles. The molecular formula is C10H12O. The lowest BCUT2D eigenvalue weighted by Gasteiger charge is -2.10. The summed E-state index contributed by atoms with van der Waals surface area (Å²) in [6.45, 7) is 0.705. The highest BCUT2D eigenvalue weighted by atomic mass is 16.5. The Morgan fingerprint density at radius 2 is 2.00 bits per heavy atom. The minimum Gasteiger partial charge on any atom is -0.489 e. The van der Waals surface area contributed by atoms with Crippen LogP contribution >= 0.6 is 0 Å². The van der Waals surface area contributed by atoms with E-state index >= 15 is 0 Å². The van der Waals surface area contributed by atoms with E-state index in [1.54, 1.807) is 0 Å². The number of benzene rings is 1. The molecule has 0 unspecified atom stereocenters. The van der Waals surface area contributed by atoms with E-state index in [4.69, 9.17) is 4.74 Å². The van der Waals surface area contributed by atoms with E-state index in [0.29, 0.717) is 6.61 Å². The summed E-state index contributed by atoms with van der Waals surface area (Å²) in [7, 11) is 0. The summed E-state index contributed by atoms with van der Waals surface area (Å²) in [6.07, 6.45) is 4.10. The van der Waals surface area contributed by atoms with Crippen LogP contribution in [0.25, 0.3) is 6.08 Å². The smallest absolute Gasteiger partial charge is 0.126 e. The molecule has 1 aromatic carbocycles. The molecule has 0 saturated heterocycles. The summed E-state index contributed by atoms with van der Waals surface area (Å²) in [4.78, 5) is 0. The topological polar surface area (TPSA) is 9.23 Å². The zero-order valence-electron chi connectivity index (χ0n) is 5.58. The van der Waals surface area contributed by atoms with Gasteiger partial charge >= 0.3 is 0 Å². The second-order valence-corrected chi connectivity index (χ2v) is 2.25. The van der Waals surface area contributed by atoms with Gasteiger partial charge in [-0.15, -0.1) is 0 Å². The Labute approximate surface area is 67.3 Å². The van der Waals surface area contributed by atoms with Crippen molar-refractivity contribution in [3.05, 3.63) is 35.9 Å². The van der Waals surface area contributed by atoms with Gasteiger partial charge in [-0.25, -0.2) is 0 Å². The average molecular weight is 148 g/mol. The Bertz CT molecular complexity index is 263. The van der Waals surface area contributed by atoms with Crippen LogP contribution in [0.15, 0.2) is 30.3 Å². The van der Waals surface area contributed by atoms with Crippen LogP contribution < -0.4 is 4.74 Å². The van der Waals surface area contributed by atoms with E-state index in [9.17, 15) is 0 Å². The quantitative estimate of drug-likeness (QED) is 0.549. The van der Waals surface area contributed by atoms with Crippen LogP contribution in [0.5, 0.6) is 5.75 Å². The summed E-state index contributed by atoms with van der Waals surface area (Å²) >= 11 is 0. The summed E-state index contributed by atoms with van der Waals surface area (Å²) in [5.41, 5.74) is 1.17. The molecular weight excluding hydrogens is 136 g/mol. The first-order chi connectivity index (χ1) is 4.97. The zero-order valence-corrected chi connectivity index (χ0v) is 5.58. The van der Waals surface area contributed by atoms with Gasteiger partial charge in [0.25, 0.3) is 0 Å². The second kappa shape index (κ2) is 3.24. The Balaban J connectivity index is 0.000000605. The van der Waals surface area contributed by atoms with Crippen molar-refractivity contribution in [3.8, 4) is 5.75 Å². The highest BCUT2D eigenvalue weighted by Crippen LogP contribution is 2.21. The number of para-hydroxylation sites is 1. The molecule has 0 fully saturated rings. The van der Waals surface area contributed by atoms with Crippen molar-refractivity contribution in [2.45, 2.75) is 7.43 Å². The maximum absolute atomic E-state index is 5.34. The Morgan fingerprint density at radius 3 is 2.82 bits per heavy atom. The normalized spacial score (nSPS) is 12.7. The van der Waals surface area contributed by atoms with Gasteiger partial charge in [-0.2, -0.15) is 0 Å². The molecule has 0 atom stereocenters. The molecule has 0 aromatic heterocycles. The molecule has 0 radical (unpaired) electrons. The van der Waals surface area contributed by atoms with Crippen LogP contribution in [0.2, 0.25) is 0 Å². The molecule has 1 nitrogen and oxygen atoms in total. The van der Waals surface area contributed by atoms with Gasteiger partial charge in [-0.3, -0.25) is 0 Å². The molecule has 0 saturated carbocycles. The zero-order chi connectivity index (χ0) is 6.81. The Hall–Kier alpha value is -1.24. The molecule has 0 amide bonds. The second-order valence-electron chi connectivity index (χ2n) is 2.25. The van der Waals surface area contributed by atoms with Crippen LogP contribution in [0, 0.1) is 0 Å². The predicted octanol–water partition coefficient (Wildman–Crippen LogP) is 2.73. The third-order valence-corrected chi connectivity index (χ3v) is 1.55. The van der Waals surface area contributed by atoms with Crippen LogP contribution in [-0.4, -0.2) is 6.61 Å². The molecule has 1 aliphatic heterocycles. The summed E-state index contributed by atoms with van der Waals surface area (Å²) in [5.74, 6) is 0.991. The van der Waals surface area contributed by atoms with E-state index in [2.05, 4.69) is 6.08 Å². The first-order valence-electron chi connectivity index (χ1n) is 3.35. The van der Waals surface area contributed by atoms with Crippen LogP contribution in [0.1, 0.15) is 13.0 Å². The standard InChI is InChI=1S/C9H8O.CH4/c1-2-6-9-8(4-1)5-3-7-10-9;/h1-6H,7H2;1H4. The highest BCUT2D eigenvalue weighted by Gasteiger charge is 2.01. The third kappa shape index (κ3) is 1.43. The maximum atomic E-state index is 5.34. The maximum Gasteiger partial charge on any atom is 0.126 e. The molecule has 0 N–H and O–H groups in total. The Morgan fingerprint density at radius 1 is 1.18 bits per heavy atom. The SMILES string of the molecule is C.C1=Cc2ccccc2OC1. The van der Waals surface area contributed by atoms with Gasteiger partial charge in [-0.05, 0) is 12.1 Å². The lowest BCUT2D eigenvalue weighted by atomic mass is 10.1. The monoisotopic (exact) mass is 148 g/mol. The van der Waals surface area contributed by atoms with Gasteiger partial charge < -0.3 is 4.74 Å². The lowest BCUT2D eigenvalue weighted by molar-refractivity contribution is 0.358. The number of ether oxygens (including phenoxy) is 1. The van der Waals surface area contributed by atoms with Crippen molar-refractivity contribution in [3.63, 3.8) is 0 Å². The highest BCUT2D eigenvalue weighted by molar-refractivity contribution is 5.58. The fourth-order valence-electron chi connectivity index (χ4n) is 1.06. The molecule has 1 aromatic rings. The fourth-order valence-corrected chi connectivity index (χ4v) is 1.06. The van der Waals surface area contributed by atoms with Gasteiger partial charge in [0.15, 0.2) is 0 Å². The summed E-state index contributed by atoms with van der Waals surface area (Å²) in [5, 5.41) is 0. The third-order valence-electron chi connectivity index (χ3n) is 1.55. The molecule has 0 aliphatic carbocycles. The molecule has 0 bridgehead atoms. The summed E-state index contributed by atoms with van der Waals surface area (Å²) < 4.78 is 5.34. The lowest BCUT2D eigenvalue weighted by Crippen LogP contribution is -1.98. The van der Waals surface area contributed by atoms with Gasteiger partial charge in [0, 0.05) is 5.56 Å². The van der Waals surface area contributed by atoms with Gasteiger partial charge in [0.1, 0.15) is 12.4 Å². The largest absolute Gasteiger partial charge is 0.489 e. The Kier molecular flexibility index (Phi) is 2.32. The minimum atomic E-state index is 0. The molecule has 0 spiro atoms. The number of fused-ring (bicyclic) bond motifs is 1. The fraction of sp³-hybridized carbons (Fsp3) is 0.200. The molecule has 2 rings (SSSR count). The summed E-state index contributed by atoms with van der Waals surface area (Å²) in [6, 6.07) is 8.03. The van der Waals surface area contributed by atoms with Gasteiger partial charge in [0.05, 0.1) is 0 Å². The molecule has 1 heteroatoms. The van der Waals surface area contributed by atoms with Crippen molar-refractivity contribution in [1.29, 1.82) is 0 Å². The van der Waals surface area contributed by atoms with E-state index < -0.39 is 0 Å². The van der Waals surface area contributed by atoms with Crippen molar-refractivity contribution < 1.29 is 4.74 Å². The van der Waals surface area contributed by atoms with Gasteiger partial charge in [0.2, 0.25) is 0 Å². The minimum absolute atomic E-state index is 0. The van der Waals surface area contributed by atoms with Crippen molar-refractivity contribution in [1.82, 2.24) is 0 Å². The van der Waals surface area contributed by atoms with Crippen LogP contribution in [-0.2, 0) is 0 Å². The number of rotatable bonds is 0. The van der Waals surface area contributed by atoms with Crippen LogP contribution in [0.4, 0.5) is 0 Å². The van der Waals surface area contributed by atoms with Crippen molar-refractivity contribution >= 4 is 6.08 Å². The predicted molar refractivity (Wildman–Crippen MR) is 47.7 cm³/mol. The van der Waals surface area contributed by atoms with E-state index in [1.165, 1.54) is 5.56 Å². The van der Waals surface area contributed by atoms with Crippen molar-refractivity contribution in [2.75, 3.05) is 6.61 Å². The van der Waals surface area contributed by atoms with Gasteiger partial charge in [-0.1, -0.05) is 31.7 Å². The van der Waals surface area contributed by atoms with E-state index in [1.807, 2.05) is 30.3 Å². The van der Waals surface area contributed by atoms with Crippen molar-refractivity contribution in [2.24, 2.45) is 0 Å². The van der Waals surface area contributed by atoms with E-state index in [0.717, 1.165) is 5.75 Å². The first-order valence-corrected chi connectivity index (χ1v) is 3.35. The molecule has 11 heavy (non-hydrogen) atoms. The molecule has 58 valence electrons. The number of hydrogen-bond donors (Lipinski definition) is 0. The number of hydrogen-bond acceptors (Lipinski definition) is 1. The van der Waals surface area contributed by atoms with E-state index in [-0.39, 0.29) is 7.43 Å². The first kappa shape index (κ1) is 7.86. The van der Waals surface area contributed by atoms with Crippen LogP contribution in [0.3, 0.4) is 0 Å². The average Bonchev–Trinajstić information content (AvgIpc) is 2.05.